The molecule has 0 unspecified atom stereocenters. The van der Waals surface area contributed by atoms with E-state index in [2.05, 4.69) is 42.5 Å². The molecule has 2 aromatic carbocycles. The molecule has 8 nitrogen and oxygen atoms in total. The molecule has 230 valence electrons. The third-order valence-electron chi connectivity index (χ3n) is 8.76. The van der Waals surface area contributed by atoms with E-state index in [9.17, 15) is 9.59 Å². The fraction of sp³-hybridized carbons (Fsp3) is 0.412. The van der Waals surface area contributed by atoms with Crippen molar-refractivity contribution in [3.8, 4) is 11.1 Å². The van der Waals surface area contributed by atoms with Crippen LogP contribution in [0.5, 0.6) is 0 Å². The van der Waals surface area contributed by atoms with Gasteiger partial charge in [0, 0.05) is 34.2 Å². The molecular formula is C34H40N6O2S2. The molecule has 2 N–H and O–H groups in total. The van der Waals surface area contributed by atoms with Crippen LogP contribution in [0.4, 0.5) is 11.4 Å². The fourth-order valence-corrected chi connectivity index (χ4v) is 8.11. The largest absolute Gasteiger partial charge is 0.320 e. The van der Waals surface area contributed by atoms with Crippen LogP contribution in [0.2, 0.25) is 0 Å². The number of benzene rings is 2. The predicted molar refractivity (Wildman–Crippen MR) is 180 cm³/mol. The zero-order valence-corrected chi connectivity index (χ0v) is 27.6. The molecule has 0 spiro atoms. The van der Waals surface area contributed by atoms with E-state index in [1.165, 1.54) is 48.4 Å². The first-order chi connectivity index (χ1) is 21.3. The van der Waals surface area contributed by atoms with Gasteiger partial charge in [0.05, 0.1) is 11.4 Å². The lowest BCUT2D eigenvalue weighted by atomic mass is 9.94. The highest BCUT2D eigenvalue weighted by Crippen LogP contribution is 2.35. The van der Waals surface area contributed by atoms with E-state index in [0.29, 0.717) is 10.0 Å². The number of aryl methyl sites for hydroxylation is 2. The van der Waals surface area contributed by atoms with Gasteiger partial charge in [-0.05, 0) is 114 Å². The van der Waals surface area contributed by atoms with Crippen LogP contribution in [0.3, 0.4) is 0 Å². The second-order valence-corrected chi connectivity index (χ2v) is 14.1. The Bertz CT molecular complexity index is 1560. The van der Waals surface area contributed by atoms with Crippen molar-refractivity contribution < 1.29 is 9.59 Å². The summed E-state index contributed by atoms with van der Waals surface area (Å²) in [6.45, 7) is 14.2. The average molecular weight is 629 g/mol. The van der Waals surface area contributed by atoms with Gasteiger partial charge in [-0.25, -0.2) is 9.97 Å². The van der Waals surface area contributed by atoms with Crippen molar-refractivity contribution in [2.75, 3.05) is 36.8 Å². The number of nitrogens with zero attached hydrogens (tertiary/aromatic N) is 4. The molecule has 2 fully saturated rings. The highest BCUT2D eigenvalue weighted by atomic mass is 32.1. The molecule has 2 aromatic heterocycles. The van der Waals surface area contributed by atoms with Gasteiger partial charge < -0.3 is 10.6 Å². The first kappa shape index (κ1) is 30.6. The summed E-state index contributed by atoms with van der Waals surface area (Å²) >= 11 is 2.97. The van der Waals surface area contributed by atoms with Gasteiger partial charge >= 0.3 is 0 Å². The van der Waals surface area contributed by atoms with Crippen LogP contribution < -0.4 is 10.6 Å². The van der Waals surface area contributed by atoms with Crippen LogP contribution in [0, 0.1) is 27.7 Å². The predicted octanol–water partition coefficient (Wildman–Crippen LogP) is 7.20. The molecule has 4 aromatic rings. The highest BCUT2D eigenvalue weighted by molar-refractivity contribution is 7.14. The number of anilines is 2. The molecule has 0 bridgehead atoms. The normalized spacial score (nSPS) is 15.6. The van der Waals surface area contributed by atoms with E-state index in [4.69, 9.17) is 0 Å². The fourth-order valence-electron chi connectivity index (χ4n) is 6.11. The molecule has 2 amide bonds. The van der Waals surface area contributed by atoms with E-state index >= 15 is 0 Å². The van der Waals surface area contributed by atoms with Crippen molar-refractivity contribution in [2.45, 2.75) is 66.5 Å². The molecule has 2 aliphatic rings. The number of aromatic nitrogens is 2. The second kappa shape index (κ2) is 13.3. The second-order valence-electron chi connectivity index (χ2n) is 11.9. The number of rotatable bonds is 9. The quantitative estimate of drug-likeness (QED) is 0.204. The van der Waals surface area contributed by atoms with E-state index in [-0.39, 0.29) is 11.8 Å². The number of hydrogen-bond donors (Lipinski definition) is 2. The van der Waals surface area contributed by atoms with E-state index < -0.39 is 0 Å². The summed E-state index contributed by atoms with van der Waals surface area (Å²) in [6.07, 6.45) is 4.95. The number of nitrogens with one attached hydrogen (secondary N) is 2. The molecule has 0 radical (unpaired) electrons. The molecule has 0 aliphatic carbocycles. The van der Waals surface area contributed by atoms with Crippen LogP contribution in [0.1, 0.15) is 77.6 Å². The maximum atomic E-state index is 13.3. The maximum Gasteiger partial charge on any atom is 0.284 e. The van der Waals surface area contributed by atoms with E-state index in [0.717, 1.165) is 94.0 Å². The van der Waals surface area contributed by atoms with Crippen molar-refractivity contribution in [3.05, 3.63) is 78.7 Å². The summed E-state index contributed by atoms with van der Waals surface area (Å²) in [7, 11) is 0. The average Bonchev–Trinajstić information content (AvgIpc) is 3.82. The van der Waals surface area contributed by atoms with Crippen LogP contribution in [-0.4, -0.2) is 57.8 Å². The molecule has 2 aliphatic heterocycles. The zero-order valence-electron chi connectivity index (χ0n) is 26.0. The number of thiazole rings is 2. The Morgan fingerprint density at radius 1 is 0.659 bits per heavy atom. The Balaban J connectivity index is 1.17. The third-order valence-corrected chi connectivity index (χ3v) is 11.0. The van der Waals surface area contributed by atoms with Crippen LogP contribution in [0.15, 0.2) is 36.4 Å². The van der Waals surface area contributed by atoms with Crippen molar-refractivity contribution in [3.63, 3.8) is 0 Å². The summed E-state index contributed by atoms with van der Waals surface area (Å²) in [6, 6.07) is 11.9. The summed E-state index contributed by atoms with van der Waals surface area (Å²) in [5.74, 6) is -0.377. The molecule has 44 heavy (non-hydrogen) atoms. The number of hydrogen-bond acceptors (Lipinski definition) is 8. The summed E-state index contributed by atoms with van der Waals surface area (Å²) in [4.78, 5) is 43.0. The summed E-state index contributed by atoms with van der Waals surface area (Å²) in [5.41, 5.74) is 7.28. The smallest absolute Gasteiger partial charge is 0.284 e. The molecular weight excluding hydrogens is 589 g/mol. The van der Waals surface area contributed by atoms with Crippen molar-refractivity contribution in [1.82, 2.24) is 19.8 Å². The number of likely N-dealkylation sites (tertiary alicyclic amines) is 2. The van der Waals surface area contributed by atoms with Gasteiger partial charge in [0.15, 0.2) is 10.0 Å². The number of carbonyl (C=O) groups excluding carboxylic acids is 2. The Hall–Kier alpha value is -3.44. The lowest BCUT2D eigenvalue weighted by Gasteiger charge is -2.16. The van der Waals surface area contributed by atoms with Gasteiger partial charge in [-0.2, -0.15) is 0 Å². The minimum Gasteiger partial charge on any atom is -0.320 e. The van der Waals surface area contributed by atoms with Gasteiger partial charge in [0.2, 0.25) is 0 Å². The number of amides is 2. The molecule has 0 atom stereocenters. The van der Waals surface area contributed by atoms with Crippen molar-refractivity contribution >= 4 is 45.9 Å². The van der Waals surface area contributed by atoms with E-state index in [1.54, 1.807) is 0 Å². The topological polar surface area (TPSA) is 90.5 Å². The van der Waals surface area contributed by atoms with Gasteiger partial charge in [0.25, 0.3) is 11.8 Å². The number of carbonyl (C=O) groups is 2. The summed E-state index contributed by atoms with van der Waals surface area (Å²) < 4.78 is 0. The monoisotopic (exact) mass is 628 g/mol. The Labute approximate surface area is 267 Å². The van der Waals surface area contributed by atoms with Crippen LogP contribution in [-0.2, 0) is 13.1 Å². The highest BCUT2D eigenvalue weighted by Gasteiger charge is 2.22. The third kappa shape index (κ3) is 6.63. The van der Waals surface area contributed by atoms with Crippen molar-refractivity contribution in [2.24, 2.45) is 0 Å². The zero-order chi connectivity index (χ0) is 30.8. The van der Waals surface area contributed by atoms with Gasteiger partial charge in [-0.3, -0.25) is 19.4 Å². The standard InChI is InChI=1S/C34H40N6O2S2/c1-21-25(11-9-13-27(21)37-31(41)33-35-23(3)29(43-33)19-39-15-5-6-16-39)26-12-10-14-28(22(26)2)38-32(42)34-36-24(4)30(44-34)20-40-17-7-8-18-40/h9-14H,5-8,15-20H2,1-4H3,(H,37,41)(H,38,42). The Morgan fingerprint density at radius 3 is 1.43 bits per heavy atom. The van der Waals surface area contributed by atoms with Gasteiger partial charge in [-0.15, -0.1) is 22.7 Å². The van der Waals surface area contributed by atoms with Crippen LogP contribution in [0.25, 0.3) is 11.1 Å². The SMILES string of the molecule is Cc1nc(C(=O)Nc2cccc(-c3cccc(NC(=O)c4nc(C)c(CN5CCCC5)s4)c3C)c2C)sc1CN1CCCC1. The van der Waals surface area contributed by atoms with Gasteiger partial charge in [-0.1, -0.05) is 24.3 Å². The van der Waals surface area contributed by atoms with Gasteiger partial charge in [0.1, 0.15) is 0 Å². The first-order valence-electron chi connectivity index (χ1n) is 15.5. The molecule has 4 heterocycles. The maximum absolute atomic E-state index is 13.3. The molecule has 0 saturated carbocycles. The Morgan fingerprint density at radius 2 is 1.05 bits per heavy atom. The van der Waals surface area contributed by atoms with Crippen molar-refractivity contribution in [1.29, 1.82) is 0 Å². The molecule has 10 heteroatoms. The van der Waals surface area contributed by atoms with E-state index in [1.807, 2.05) is 52.0 Å². The minimum atomic E-state index is -0.188. The summed E-state index contributed by atoms with van der Waals surface area (Å²) in [5, 5.41) is 7.19. The lowest BCUT2D eigenvalue weighted by molar-refractivity contribution is 0.101. The molecule has 2 saturated heterocycles. The first-order valence-corrected chi connectivity index (χ1v) is 17.1. The molecule has 6 rings (SSSR count). The lowest BCUT2D eigenvalue weighted by Crippen LogP contribution is -2.18. The minimum absolute atomic E-state index is 0.188. The van der Waals surface area contributed by atoms with Crippen LogP contribution >= 0.6 is 22.7 Å². The Kier molecular flexibility index (Phi) is 9.23.